The molecule has 1 amide bonds. The Morgan fingerprint density at radius 2 is 1.88 bits per heavy atom. The maximum atomic E-state index is 12.6. The summed E-state index contributed by atoms with van der Waals surface area (Å²) in [5.41, 5.74) is 3.00. The summed E-state index contributed by atoms with van der Waals surface area (Å²) in [6, 6.07) is 9.40. The smallest absolute Gasteiger partial charge is 0.223 e. The Labute approximate surface area is 154 Å². The molecule has 138 valence electrons. The lowest BCUT2D eigenvalue weighted by Gasteiger charge is -2.27. The van der Waals surface area contributed by atoms with Crippen molar-refractivity contribution in [2.24, 2.45) is 7.05 Å². The summed E-state index contributed by atoms with van der Waals surface area (Å²) in [6.07, 6.45) is 6.22. The van der Waals surface area contributed by atoms with Crippen molar-refractivity contribution in [2.45, 2.75) is 38.1 Å². The zero-order chi connectivity index (χ0) is 17.9. The summed E-state index contributed by atoms with van der Waals surface area (Å²) in [6.45, 7) is 3.78. The lowest BCUT2D eigenvalue weighted by atomic mass is 10.1. The number of carbonyl (C=O) groups is 1. The summed E-state index contributed by atoms with van der Waals surface area (Å²) in [5.74, 6) is 1.11. The van der Waals surface area contributed by atoms with Crippen LogP contribution >= 0.6 is 0 Å². The first kappa shape index (κ1) is 17.2. The molecule has 1 saturated heterocycles. The molecule has 2 heterocycles. The van der Waals surface area contributed by atoms with Crippen LogP contribution in [0.3, 0.4) is 0 Å². The third-order valence-electron chi connectivity index (χ3n) is 5.80. The second-order valence-electron chi connectivity index (χ2n) is 7.46. The van der Waals surface area contributed by atoms with Gasteiger partial charge in [-0.3, -0.25) is 9.69 Å². The number of benzene rings is 1. The van der Waals surface area contributed by atoms with E-state index in [0.29, 0.717) is 18.9 Å². The van der Waals surface area contributed by atoms with Gasteiger partial charge >= 0.3 is 0 Å². The molecule has 1 aromatic carbocycles. The standard InChI is InChI=1S/C20H27N5O/c1-23-15-21-22-19(23)7-8-20(26)25-10-4-9-24(11-12-25)18-13-16-5-2-3-6-17(16)14-18/h2-3,5-6,15,18H,4,7-14H2,1H3. The first-order valence-corrected chi connectivity index (χ1v) is 9.62. The topological polar surface area (TPSA) is 54.3 Å². The van der Waals surface area contributed by atoms with Crippen LogP contribution in [0.5, 0.6) is 0 Å². The predicted molar refractivity (Wildman–Crippen MR) is 99.7 cm³/mol. The molecule has 0 atom stereocenters. The van der Waals surface area contributed by atoms with Gasteiger partial charge in [0.1, 0.15) is 12.2 Å². The van der Waals surface area contributed by atoms with Crippen molar-refractivity contribution < 1.29 is 4.79 Å². The Balaban J connectivity index is 1.29. The fraction of sp³-hybridized carbons (Fsp3) is 0.550. The highest BCUT2D eigenvalue weighted by Crippen LogP contribution is 2.26. The molecule has 4 rings (SSSR count). The van der Waals surface area contributed by atoms with Crippen molar-refractivity contribution in [3.63, 3.8) is 0 Å². The Morgan fingerprint density at radius 1 is 1.12 bits per heavy atom. The molecule has 2 aromatic rings. The summed E-state index contributed by atoms with van der Waals surface area (Å²) in [4.78, 5) is 17.2. The van der Waals surface area contributed by atoms with Gasteiger partial charge in [-0.15, -0.1) is 10.2 Å². The normalized spacial score (nSPS) is 18.7. The summed E-state index contributed by atoms with van der Waals surface area (Å²) in [7, 11) is 1.92. The van der Waals surface area contributed by atoms with E-state index in [4.69, 9.17) is 0 Å². The van der Waals surface area contributed by atoms with Crippen LogP contribution in [0.25, 0.3) is 0 Å². The number of amides is 1. The highest BCUT2D eigenvalue weighted by Gasteiger charge is 2.28. The van der Waals surface area contributed by atoms with Gasteiger partial charge in [0, 0.05) is 52.1 Å². The van der Waals surface area contributed by atoms with Crippen molar-refractivity contribution in [2.75, 3.05) is 26.2 Å². The summed E-state index contributed by atoms with van der Waals surface area (Å²) < 4.78 is 1.88. The van der Waals surface area contributed by atoms with Crippen molar-refractivity contribution in [1.29, 1.82) is 0 Å². The average molecular weight is 353 g/mol. The van der Waals surface area contributed by atoms with E-state index in [1.807, 2.05) is 16.5 Å². The van der Waals surface area contributed by atoms with E-state index in [0.717, 1.165) is 51.3 Å². The van der Waals surface area contributed by atoms with E-state index < -0.39 is 0 Å². The molecule has 26 heavy (non-hydrogen) atoms. The van der Waals surface area contributed by atoms with Gasteiger partial charge in [-0.1, -0.05) is 24.3 Å². The van der Waals surface area contributed by atoms with E-state index in [9.17, 15) is 4.79 Å². The third kappa shape index (κ3) is 3.65. The Kier molecular flexibility index (Phi) is 5.02. The van der Waals surface area contributed by atoms with Gasteiger partial charge in [-0.25, -0.2) is 0 Å². The lowest BCUT2D eigenvalue weighted by molar-refractivity contribution is -0.131. The molecule has 0 unspecified atom stereocenters. The molecule has 1 aromatic heterocycles. The van der Waals surface area contributed by atoms with Gasteiger partial charge in [0.2, 0.25) is 5.91 Å². The van der Waals surface area contributed by atoms with E-state index >= 15 is 0 Å². The molecule has 0 N–H and O–H groups in total. The molecule has 2 aliphatic rings. The maximum absolute atomic E-state index is 12.6. The Bertz CT molecular complexity index is 746. The Hall–Kier alpha value is -2.21. The molecular formula is C20H27N5O. The van der Waals surface area contributed by atoms with Gasteiger partial charge in [0.15, 0.2) is 0 Å². The molecule has 6 nitrogen and oxygen atoms in total. The van der Waals surface area contributed by atoms with Gasteiger partial charge < -0.3 is 9.47 Å². The largest absolute Gasteiger partial charge is 0.341 e. The molecule has 1 aliphatic heterocycles. The predicted octanol–water partition coefficient (Wildman–Crippen LogP) is 1.45. The molecule has 0 radical (unpaired) electrons. The van der Waals surface area contributed by atoms with Gasteiger partial charge in [0.05, 0.1) is 0 Å². The lowest BCUT2D eigenvalue weighted by Crippen LogP contribution is -2.40. The molecule has 0 bridgehead atoms. The van der Waals surface area contributed by atoms with Crippen LogP contribution in [-0.2, 0) is 31.1 Å². The zero-order valence-electron chi connectivity index (χ0n) is 15.5. The number of aromatic nitrogens is 3. The summed E-state index contributed by atoms with van der Waals surface area (Å²) in [5, 5.41) is 7.95. The number of hydrogen-bond donors (Lipinski definition) is 0. The van der Waals surface area contributed by atoms with Crippen molar-refractivity contribution >= 4 is 5.91 Å². The van der Waals surface area contributed by atoms with Crippen LogP contribution in [-0.4, -0.2) is 62.7 Å². The Morgan fingerprint density at radius 3 is 2.58 bits per heavy atom. The molecule has 6 heteroatoms. The van der Waals surface area contributed by atoms with Crippen LogP contribution < -0.4 is 0 Å². The highest BCUT2D eigenvalue weighted by atomic mass is 16.2. The molecular weight excluding hydrogens is 326 g/mol. The van der Waals surface area contributed by atoms with Crippen molar-refractivity contribution in [1.82, 2.24) is 24.6 Å². The van der Waals surface area contributed by atoms with Gasteiger partial charge in [-0.2, -0.15) is 0 Å². The minimum Gasteiger partial charge on any atom is -0.341 e. The second-order valence-corrected chi connectivity index (χ2v) is 7.46. The number of aryl methyl sites for hydroxylation is 2. The summed E-state index contributed by atoms with van der Waals surface area (Å²) >= 11 is 0. The number of fused-ring (bicyclic) bond motifs is 1. The van der Waals surface area contributed by atoms with E-state index in [2.05, 4.69) is 39.4 Å². The second kappa shape index (κ2) is 7.58. The minimum atomic E-state index is 0.240. The zero-order valence-corrected chi connectivity index (χ0v) is 15.5. The number of carbonyl (C=O) groups excluding carboxylic acids is 1. The molecule has 0 saturated carbocycles. The van der Waals surface area contributed by atoms with Crippen LogP contribution in [0.1, 0.15) is 29.8 Å². The van der Waals surface area contributed by atoms with E-state index in [-0.39, 0.29) is 5.91 Å². The molecule has 0 spiro atoms. The van der Waals surface area contributed by atoms with Crippen LogP contribution in [0.4, 0.5) is 0 Å². The van der Waals surface area contributed by atoms with E-state index in [1.165, 1.54) is 11.1 Å². The van der Waals surface area contributed by atoms with Crippen molar-refractivity contribution in [3.8, 4) is 0 Å². The van der Waals surface area contributed by atoms with Gasteiger partial charge in [-0.05, 0) is 30.4 Å². The first-order chi connectivity index (χ1) is 12.7. The SMILES string of the molecule is Cn1cnnc1CCC(=O)N1CCCN(C2Cc3ccccc3C2)CC1. The fourth-order valence-electron chi connectivity index (χ4n) is 4.26. The molecule has 1 aliphatic carbocycles. The number of rotatable bonds is 4. The quantitative estimate of drug-likeness (QED) is 0.835. The van der Waals surface area contributed by atoms with Crippen molar-refractivity contribution in [3.05, 3.63) is 47.5 Å². The van der Waals surface area contributed by atoms with E-state index in [1.54, 1.807) is 6.33 Å². The average Bonchev–Trinajstić information content (AvgIpc) is 3.18. The monoisotopic (exact) mass is 353 g/mol. The minimum absolute atomic E-state index is 0.240. The molecule has 1 fully saturated rings. The van der Waals surface area contributed by atoms with Gasteiger partial charge in [0.25, 0.3) is 0 Å². The first-order valence-electron chi connectivity index (χ1n) is 9.62. The number of nitrogens with zero attached hydrogens (tertiary/aromatic N) is 5. The maximum Gasteiger partial charge on any atom is 0.223 e. The number of hydrogen-bond acceptors (Lipinski definition) is 4. The third-order valence-corrected chi connectivity index (χ3v) is 5.80. The fourth-order valence-corrected chi connectivity index (χ4v) is 4.26. The van der Waals surface area contributed by atoms with Crippen LogP contribution in [0, 0.1) is 0 Å². The van der Waals surface area contributed by atoms with Crippen LogP contribution in [0.2, 0.25) is 0 Å². The highest BCUT2D eigenvalue weighted by molar-refractivity contribution is 5.76. The van der Waals surface area contributed by atoms with Crippen LogP contribution in [0.15, 0.2) is 30.6 Å².